The van der Waals surface area contributed by atoms with Crippen LogP contribution in [0.1, 0.15) is 45.4 Å². The number of primary amides is 1. The van der Waals surface area contributed by atoms with E-state index in [1.807, 2.05) is 0 Å². The van der Waals surface area contributed by atoms with E-state index in [0.717, 1.165) is 13.1 Å². The summed E-state index contributed by atoms with van der Waals surface area (Å²) in [6.07, 6.45) is 7.07. The summed E-state index contributed by atoms with van der Waals surface area (Å²) in [7, 11) is 0. The second kappa shape index (κ2) is 6.86. The lowest BCUT2D eigenvalue weighted by Crippen LogP contribution is -2.44. The quantitative estimate of drug-likeness (QED) is 0.706. The summed E-state index contributed by atoms with van der Waals surface area (Å²) in [5.74, 6) is -0.385. The summed E-state index contributed by atoms with van der Waals surface area (Å²) in [5, 5.41) is 0. The molecule has 0 aromatic heterocycles. The molecular formula is C12H25N3O. The summed E-state index contributed by atoms with van der Waals surface area (Å²) < 4.78 is 0. The summed E-state index contributed by atoms with van der Waals surface area (Å²) in [6, 6.07) is 0.211. The van der Waals surface area contributed by atoms with Crippen molar-refractivity contribution in [2.24, 2.45) is 11.5 Å². The second-order valence-corrected chi connectivity index (χ2v) is 4.77. The van der Waals surface area contributed by atoms with Gasteiger partial charge in [0.2, 0.25) is 5.91 Å². The lowest BCUT2D eigenvalue weighted by molar-refractivity contribution is -0.119. The van der Waals surface area contributed by atoms with Crippen molar-refractivity contribution < 1.29 is 4.79 Å². The zero-order chi connectivity index (χ0) is 12.0. The zero-order valence-corrected chi connectivity index (χ0v) is 10.3. The van der Waals surface area contributed by atoms with Gasteiger partial charge in [0, 0.05) is 12.6 Å². The van der Waals surface area contributed by atoms with Gasteiger partial charge in [-0.25, -0.2) is 0 Å². The third kappa shape index (κ3) is 4.10. The Bertz CT molecular complexity index is 218. The Hall–Kier alpha value is -0.610. The molecule has 1 amide bonds. The minimum Gasteiger partial charge on any atom is -0.368 e. The molecule has 1 aliphatic rings. The minimum atomic E-state index is -0.482. The second-order valence-electron chi connectivity index (χ2n) is 4.77. The summed E-state index contributed by atoms with van der Waals surface area (Å²) in [5.41, 5.74) is 10.8. The Morgan fingerprint density at radius 3 is 2.88 bits per heavy atom. The van der Waals surface area contributed by atoms with Crippen LogP contribution in [0.5, 0.6) is 0 Å². The molecule has 0 aliphatic carbocycles. The van der Waals surface area contributed by atoms with Gasteiger partial charge in [-0.1, -0.05) is 19.8 Å². The van der Waals surface area contributed by atoms with Crippen LogP contribution in [0.3, 0.4) is 0 Å². The molecule has 2 unspecified atom stereocenters. The number of hydrogen-bond donors (Lipinski definition) is 2. The summed E-state index contributed by atoms with van der Waals surface area (Å²) in [6.45, 7) is 4.28. The molecule has 0 radical (unpaired) electrons. The fourth-order valence-corrected chi connectivity index (χ4v) is 2.46. The third-order valence-electron chi connectivity index (χ3n) is 3.46. The number of likely N-dealkylation sites (tertiary alicyclic amines) is 1. The molecule has 0 aromatic rings. The number of piperidine rings is 1. The van der Waals surface area contributed by atoms with Gasteiger partial charge in [0.05, 0.1) is 6.04 Å². The Kier molecular flexibility index (Phi) is 5.77. The summed E-state index contributed by atoms with van der Waals surface area (Å²) in [4.78, 5) is 13.3. The van der Waals surface area contributed by atoms with Crippen LogP contribution < -0.4 is 11.5 Å². The van der Waals surface area contributed by atoms with Gasteiger partial charge in [0.1, 0.15) is 0 Å². The van der Waals surface area contributed by atoms with Gasteiger partial charge >= 0.3 is 0 Å². The van der Waals surface area contributed by atoms with Gasteiger partial charge in [0.25, 0.3) is 0 Å². The molecule has 4 heteroatoms. The van der Waals surface area contributed by atoms with E-state index in [0.29, 0.717) is 12.5 Å². The minimum absolute atomic E-state index is 0.385. The van der Waals surface area contributed by atoms with E-state index in [2.05, 4.69) is 11.8 Å². The number of carbonyl (C=O) groups is 1. The first-order valence-electron chi connectivity index (χ1n) is 6.44. The van der Waals surface area contributed by atoms with E-state index >= 15 is 0 Å². The average Bonchev–Trinajstić information content (AvgIpc) is 2.27. The molecule has 0 spiro atoms. The van der Waals surface area contributed by atoms with Crippen molar-refractivity contribution in [3.05, 3.63) is 0 Å². The van der Waals surface area contributed by atoms with Gasteiger partial charge < -0.3 is 16.4 Å². The average molecular weight is 227 g/mol. The van der Waals surface area contributed by atoms with Crippen LogP contribution in [-0.4, -0.2) is 36.0 Å². The van der Waals surface area contributed by atoms with Crippen LogP contribution in [-0.2, 0) is 4.79 Å². The van der Waals surface area contributed by atoms with Crippen LogP contribution in [0.2, 0.25) is 0 Å². The predicted molar refractivity (Wildman–Crippen MR) is 65.9 cm³/mol. The number of nitrogens with zero attached hydrogens (tertiary/aromatic N) is 1. The molecule has 1 aliphatic heterocycles. The van der Waals surface area contributed by atoms with Gasteiger partial charge in [-0.3, -0.25) is 4.79 Å². The monoisotopic (exact) mass is 227 g/mol. The Labute approximate surface area is 98.3 Å². The first-order valence-corrected chi connectivity index (χ1v) is 6.44. The van der Waals surface area contributed by atoms with E-state index in [9.17, 15) is 4.79 Å². The van der Waals surface area contributed by atoms with E-state index in [1.54, 1.807) is 0 Å². The van der Waals surface area contributed by atoms with Crippen LogP contribution in [0.4, 0.5) is 0 Å². The smallest absolute Gasteiger partial charge is 0.234 e. The van der Waals surface area contributed by atoms with Crippen LogP contribution in [0.25, 0.3) is 0 Å². The molecule has 1 rings (SSSR count). The lowest BCUT2D eigenvalue weighted by Gasteiger charge is -2.36. The highest BCUT2D eigenvalue weighted by Crippen LogP contribution is 2.20. The number of hydrogen-bond acceptors (Lipinski definition) is 3. The number of rotatable bonds is 6. The Balaban J connectivity index is 2.34. The molecular weight excluding hydrogens is 202 g/mol. The van der Waals surface area contributed by atoms with Crippen molar-refractivity contribution in [2.45, 2.75) is 57.5 Å². The molecule has 1 fully saturated rings. The molecule has 0 bridgehead atoms. The molecule has 94 valence electrons. The number of nitrogens with two attached hydrogens (primary N) is 2. The molecule has 4 nitrogen and oxygen atoms in total. The zero-order valence-electron chi connectivity index (χ0n) is 10.3. The van der Waals surface area contributed by atoms with Crippen LogP contribution in [0, 0.1) is 0 Å². The molecule has 2 atom stereocenters. The number of carbonyl (C=O) groups excluding carboxylic acids is 1. The topological polar surface area (TPSA) is 72.3 Å². The van der Waals surface area contributed by atoms with E-state index in [4.69, 9.17) is 11.5 Å². The highest BCUT2D eigenvalue weighted by Gasteiger charge is 2.22. The third-order valence-corrected chi connectivity index (χ3v) is 3.46. The normalized spacial score (nSPS) is 24.2. The van der Waals surface area contributed by atoms with E-state index in [-0.39, 0.29) is 5.91 Å². The van der Waals surface area contributed by atoms with Crippen LogP contribution in [0.15, 0.2) is 0 Å². The number of amides is 1. The maximum atomic E-state index is 10.9. The molecule has 1 saturated heterocycles. The van der Waals surface area contributed by atoms with Crippen molar-refractivity contribution in [3.63, 3.8) is 0 Å². The molecule has 0 saturated carbocycles. The fraction of sp³-hybridized carbons (Fsp3) is 0.917. The fourth-order valence-electron chi connectivity index (χ4n) is 2.46. The predicted octanol–water partition coefficient (Wildman–Crippen LogP) is 0.844. The van der Waals surface area contributed by atoms with E-state index < -0.39 is 6.04 Å². The van der Waals surface area contributed by atoms with Gasteiger partial charge in [-0.05, 0) is 32.2 Å². The first-order chi connectivity index (χ1) is 7.65. The summed E-state index contributed by atoms with van der Waals surface area (Å²) >= 11 is 0. The lowest BCUT2D eigenvalue weighted by atomic mass is 9.97. The van der Waals surface area contributed by atoms with E-state index in [1.165, 1.54) is 32.1 Å². The maximum absolute atomic E-state index is 10.9. The Morgan fingerprint density at radius 2 is 2.25 bits per heavy atom. The SMILES string of the molecule is CCCC1CCCCN1CCC(N)C(N)=O. The maximum Gasteiger partial charge on any atom is 0.234 e. The molecule has 4 N–H and O–H groups in total. The standard InChI is InChI=1S/C12H25N3O/c1-2-5-10-6-3-4-8-15(10)9-7-11(13)12(14)16/h10-11H,2-9,13H2,1H3,(H2,14,16). The first kappa shape index (κ1) is 13.5. The van der Waals surface area contributed by atoms with Crippen molar-refractivity contribution >= 4 is 5.91 Å². The van der Waals surface area contributed by atoms with Crippen molar-refractivity contribution in [2.75, 3.05) is 13.1 Å². The Morgan fingerprint density at radius 1 is 1.50 bits per heavy atom. The molecule has 16 heavy (non-hydrogen) atoms. The largest absolute Gasteiger partial charge is 0.368 e. The highest BCUT2D eigenvalue weighted by atomic mass is 16.1. The van der Waals surface area contributed by atoms with Gasteiger partial charge in [-0.2, -0.15) is 0 Å². The highest BCUT2D eigenvalue weighted by molar-refractivity contribution is 5.79. The van der Waals surface area contributed by atoms with Crippen molar-refractivity contribution in [1.82, 2.24) is 4.90 Å². The van der Waals surface area contributed by atoms with Gasteiger partial charge in [-0.15, -0.1) is 0 Å². The van der Waals surface area contributed by atoms with Crippen molar-refractivity contribution in [3.8, 4) is 0 Å². The van der Waals surface area contributed by atoms with Crippen LogP contribution >= 0.6 is 0 Å². The molecule has 0 aromatic carbocycles. The molecule has 1 heterocycles. The van der Waals surface area contributed by atoms with Crippen molar-refractivity contribution in [1.29, 1.82) is 0 Å². The van der Waals surface area contributed by atoms with Gasteiger partial charge in [0.15, 0.2) is 0 Å².